The van der Waals surface area contributed by atoms with Crippen LogP contribution in [0.25, 0.3) is 49.7 Å². The smallest absolute Gasteiger partial charge is 0.0992 e. The van der Waals surface area contributed by atoms with Gasteiger partial charge in [0.1, 0.15) is 0 Å². The Labute approximate surface area is 289 Å². The Morgan fingerprint density at radius 3 is 1.96 bits per heavy atom. The summed E-state index contributed by atoms with van der Waals surface area (Å²) < 4.78 is 2.26. The molecular formula is C45H27N5. The molecule has 2 unspecified atom stereocenters. The van der Waals surface area contributed by atoms with Crippen molar-refractivity contribution in [2.75, 3.05) is 4.90 Å². The fraction of sp³-hybridized carbons (Fsp3) is 0.0444. The molecule has 1 aromatic heterocycles. The van der Waals surface area contributed by atoms with Gasteiger partial charge in [0, 0.05) is 39.2 Å². The number of anilines is 2. The molecule has 0 amide bonds. The molecule has 9 rings (SSSR count). The number of benzene rings is 6. The topological polar surface area (TPSA) is 79.5 Å². The number of fused-ring (bicyclic) bond motifs is 6. The minimum absolute atomic E-state index is 0.0260. The molecular weight excluding hydrogens is 611 g/mol. The summed E-state index contributed by atoms with van der Waals surface area (Å²) in [7, 11) is 0. The van der Waals surface area contributed by atoms with Crippen LogP contribution < -0.4 is 4.90 Å². The maximum absolute atomic E-state index is 10.3. The molecule has 0 radical (unpaired) electrons. The molecule has 1 aliphatic heterocycles. The lowest BCUT2D eigenvalue weighted by atomic mass is 9.88. The second-order valence-electron chi connectivity index (χ2n) is 12.7. The van der Waals surface area contributed by atoms with E-state index in [0.29, 0.717) is 16.7 Å². The van der Waals surface area contributed by atoms with E-state index in [1.807, 2.05) is 72.8 Å². The quantitative estimate of drug-likeness (QED) is 0.192. The van der Waals surface area contributed by atoms with Crippen LogP contribution in [-0.2, 0) is 0 Å². The largest absolute Gasteiger partial charge is 0.333 e. The van der Waals surface area contributed by atoms with Gasteiger partial charge in [0.2, 0.25) is 0 Å². The first kappa shape index (κ1) is 29.0. The van der Waals surface area contributed by atoms with Crippen molar-refractivity contribution in [1.29, 1.82) is 15.8 Å². The first-order valence-electron chi connectivity index (χ1n) is 16.5. The summed E-state index contributed by atoms with van der Waals surface area (Å²) in [5.74, 6) is 0.0275. The molecule has 50 heavy (non-hydrogen) atoms. The SMILES string of the molecule is N#CC1=CC2c3ccccc3N(c3cc(C#N)cc(-c4ccccc4-c4ccc(C#N)cc4-n4c5ccccc5c5ccccc54)c3)C2C=C1. The van der Waals surface area contributed by atoms with Crippen molar-refractivity contribution in [3.8, 4) is 46.1 Å². The van der Waals surface area contributed by atoms with Crippen LogP contribution in [0.2, 0.25) is 0 Å². The van der Waals surface area contributed by atoms with Gasteiger partial charge in [0.05, 0.1) is 52.1 Å². The number of aromatic nitrogens is 1. The summed E-state index contributed by atoms with van der Waals surface area (Å²) in [6, 6.07) is 52.4. The van der Waals surface area contributed by atoms with Crippen molar-refractivity contribution >= 4 is 33.2 Å². The Hall–Kier alpha value is -7.13. The molecule has 7 aromatic rings. The summed E-state index contributed by atoms with van der Waals surface area (Å²) in [4.78, 5) is 2.29. The molecule has 5 nitrogen and oxygen atoms in total. The number of hydrogen-bond donors (Lipinski definition) is 0. The standard InChI is InChI=1S/C45H27N5/c46-26-29-18-20-44-40(23-29)38-13-5-6-14-41(38)49(44)33-22-31(28-48)21-32(25-33)34-9-1-2-10-35(34)39-19-17-30(27-47)24-45(39)50-42-15-7-3-11-36(42)37-12-4-8-16-43(37)50/h1-25,40,44H. The zero-order valence-electron chi connectivity index (χ0n) is 26.8. The summed E-state index contributed by atoms with van der Waals surface area (Å²) in [5, 5.41) is 32.3. The Morgan fingerprint density at radius 2 is 1.22 bits per heavy atom. The van der Waals surface area contributed by atoms with E-state index in [2.05, 4.69) is 107 Å². The maximum Gasteiger partial charge on any atom is 0.0992 e. The molecule has 0 saturated carbocycles. The normalized spacial score (nSPS) is 15.9. The first-order valence-corrected chi connectivity index (χ1v) is 16.5. The predicted octanol–water partition coefficient (Wildman–Crippen LogP) is 10.5. The highest BCUT2D eigenvalue weighted by molar-refractivity contribution is 6.10. The van der Waals surface area contributed by atoms with Gasteiger partial charge < -0.3 is 9.47 Å². The number of rotatable bonds is 4. The Kier molecular flexibility index (Phi) is 6.70. The average Bonchev–Trinajstić information content (AvgIpc) is 3.70. The van der Waals surface area contributed by atoms with E-state index in [0.717, 1.165) is 66.7 Å². The molecule has 232 valence electrons. The van der Waals surface area contributed by atoms with E-state index >= 15 is 0 Å². The van der Waals surface area contributed by atoms with Gasteiger partial charge in [0.15, 0.2) is 0 Å². The molecule has 2 atom stereocenters. The number of nitriles is 3. The fourth-order valence-corrected chi connectivity index (χ4v) is 7.86. The molecule has 5 heteroatoms. The monoisotopic (exact) mass is 637 g/mol. The third kappa shape index (κ3) is 4.45. The van der Waals surface area contributed by atoms with Gasteiger partial charge in [0.25, 0.3) is 0 Å². The molecule has 0 spiro atoms. The summed E-state index contributed by atoms with van der Waals surface area (Å²) in [6.07, 6.45) is 6.05. The Bertz CT molecular complexity index is 2670. The zero-order chi connectivity index (χ0) is 33.8. The highest BCUT2D eigenvalue weighted by Crippen LogP contribution is 2.49. The van der Waals surface area contributed by atoms with Crippen molar-refractivity contribution in [3.63, 3.8) is 0 Å². The number of para-hydroxylation sites is 3. The van der Waals surface area contributed by atoms with Crippen LogP contribution in [0.5, 0.6) is 0 Å². The summed E-state index contributed by atoms with van der Waals surface area (Å²) >= 11 is 0. The van der Waals surface area contributed by atoms with Crippen LogP contribution in [0.4, 0.5) is 11.4 Å². The van der Waals surface area contributed by atoms with Crippen molar-refractivity contribution in [3.05, 3.63) is 174 Å². The van der Waals surface area contributed by atoms with Gasteiger partial charge >= 0.3 is 0 Å². The van der Waals surface area contributed by atoms with E-state index in [1.54, 1.807) is 0 Å². The van der Waals surface area contributed by atoms with Crippen LogP contribution in [0, 0.1) is 34.0 Å². The second-order valence-corrected chi connectivity index (χ2v) is 12.7. The maximum atomic E-state index is 10.3. The Morgan fingerprint density at radius 1 is 0.540 bits per heavy atom. The third-order valence-corrected chi connectivity index (χ3v) is 9.98. The van der Waals surface area contributed by atoms with E-state index in [4.69, 9.17) is 0 Å². The number of hydrogen-bond acceptors (Lipinski definition) is 4. The summed E-state index contributed by atoms with van der Waals surface area (Å²) in [5.41, 5.74) is 11.8. The van der Waals surface area contributed by atoms with Crippen molar-refractivity contribution in [2.24, 2.45) is 0 Å². The molecule has 0 bridgehead atoms. The minimum Gasteiger partial charge on any atom is -0.333 e. The fourth-order valence-electron chi connectivity index (χ4n) is 7.86. The van der Waals surface area contributed by atoms with Crippen LogP contribution in [0.15, 0.2) is 157 Å². The lowest BCUT2D eigenvalue weighted by molar-refractivity contribution is 0.741. The minimum atomic E-state index is -0.0260. The molecule has 2 aliphatic rings. The average molecular weight is 638 g/mol. The number of allylic oxidation sites excluding steroid dienone is 2. The molecule has 0 saturated heterocycles. The van der Waals surface area contributed by atoms with Crippen molar-refractivity contribution in [2.45, 2.75) is 12.0 Å². The van der Waals surface area contributed by atoms with Crippen molar-refractivity contribution in [1.82, 2.24) is 4.57 Å². The van der Waals surface area contributed by atoms with Gasteiger partial charge in [-0.25, -0.2) is 0 Å². The highest BCUT2D eigenvalue weighted by atomic mass is 15.2. The van der Waals surface area contributed by atoms with Gasteiger partial charge in [-0.3, -0.25) is 0 Å². The van der Waals surface area contributed by atoms with E-state index in [-0.39, 0.29) is 12.0 Å². The van der Waals surface area contributed by atoms with Gasteiger partial charge in [-0.15, -0.1) is 0 Å². The molecule has 0 N–H and O–H groups in total. The van der Waals surface area contributed by atoms with Gasteiger partial charge in [-0.1, -0.05) is 97.1 Å². The predicted molar refractivity (Wildman–Crippen MR) is 199 cm³/mol. The second kappa shape index (κ2) is 11.5. The zero-order valence-corrected chi connectivity index (χ0v) is 26.8. The molecule has 2 heterocycles. The summed E-state index contributed by atoms with van der Waals surface area (Å²) in [6.45, 7) is 0. The lowest BCUT2D eigenvalue weighted by Crippen LogP contribution is -2.29. The number of nitrogens with zero attached hydrogens (tertiary/aromatic N) is 5. The van der Waals surface area contributed by atoms with E-state index in [9.17, 15) is 15.8 Å². The first-order chi connectivity index (χ1) is 24.7. The lowest BCUT2D eigenvalue weighted by Gasteiger charge is -2.29. The molecule has 6 aromatic carbocycles. The van der Waals surface area contributed by atoms with Gasteiger partial charge in [-0.05, 0) is 76.9 Å². The molecule has 1 aliphatic carbocycles. The van der Waals surface area contributed by atoms with E-state index in [1.165, 1.54) is 0 Å². The van der Waals surface area contributed by atoms with Crippen LogP contribution in [-0.4, -0.2) is 10.6 Å². The molecule has 0 fully saturated rings. The van der Waals surface area contributed by atoms with Crippen LogP contribution in [0.1, 0.15) is 22.6 Å². The van der Waals surface area contributed by atoms with Gasteiger partial charge in [-0.2, -0.15) is 15.8 Å². The van der Waals surface area contributed by atoms with Crippen molar-refractivity contribution < 1.29 is 0 Å². The third-order valence-electron chi connectivity index (χ3n) is 9.98. The van der Waals surface area contributed by atoms with E-state index < -0.39 is 0 Å². The van der Waals surface area contributed by atoms with Crippen LogP contribution >= 0.6 is 0 Å². The van der Waals surface area contributed by atoms with Crippen LogP contribution in [0.3, 0.4) is 0 Å². The highest BCUT2D eigenvalue weighted by Gasteiger charge is 2.38. The Balaban J connectivity index is 1.25.